The molecule has 3 aromatic heterocycles. The third kappa shape index (κ3) is 6.64. The molecule has 0 unspecified atom stereocenters. The van der Waals surface area contributed by atoms with Crippen LogP contribution in [0.1, 0.15) is 42.4 Å². The highest BCUT2D eigenvalue weighted by Crippen LogP contribution is 2.34. The summed E-state index contributed by atoms with van der Waals surface area (Å²) in [4.78, 5) is 17.6. The zero-order chi connectivity index (χ0) is 30.3. The average molecular weight is 586 g/mol. The van der Waals surface area contributed by atoms with Crippen LogP contribution in [0.3, 0.4) is 0 Å². The first-order valence-electron chi connectivity index (χ1n) is 14.9. The number of benzene rings is 3. The molecule has 44 heavy (non-hydrogen) atoms. The standard InChI is InChI=1S/C34H35N9O/c1-3-4-10-32-35-21-29(18-33(44)36-19-25-20-37-42(2)22-25)43(32)23-24-11-13-27(14-12-24)31-17-28(26-8-6-5-7-9-26)15-16-30(31)34-38-40-41-39-34/h5-9,11-17,20-22H,3-4,10,18-19,23H2,1-2H3,(H,36,44)(H,38,39,40,41). The van der Waals surface area contributed by atoms with Gasteiger partial charge in [-0.15, -0.1) is 10.2 Å². The molecule has 0 radical (unpaired) electrons. The number of nitrogens with one attached hydrogen (secondary N) is 2. The SMILES string of the molecule is CCCCc1ncc(CC(=O)NCc2cnn(C)c2)n1Cc1ccc(-c2cc(-c3ccccc3)ccc2-c2nn[nH]n2)cc1. The minimum absolute atomic E-state index is 0.0420. The molecule has 3 aromatic carbocycles. The number of aryl methyl sites for hydroxylation is 2. The molecule has 2 N–H and O–H groups in total. The minimum Gasteiger partial charge on any atom is -0.352 e. The van der Waals surface area contributed by atoms with E-state index in [-0.39, 0.29) is 12.3 Å². The number of hydrogen-bond donors (Lipinski definition) is 2. The van der Waals surface area contributed by atoms with E-state index in [1.54, 1.807) is 10.9 Å². The number of nitrogens with zero attached hydrogens (tertiary/aromatic N) is 7. The van der Waals surface area contributed by atoms with Gasteiger partial charge in [-0.2, -0.15) is 10.3 Å². The van der Waals surface area contributed by atoms with Crippen LogP contribution >= 0.6 is 0 Å². The van der Waals surface area contributed by atoms with Gasteiger partial charge >= 0.3 is 0 Å². The van der Waals surface area contributed by atoms with Gasteiger partial charge in [-0.1, -0.05) is 74.0 Å². The highest BCUT2D eigenvalue weighted by Gasteiger charge is 2.16. The Bertz CT molecular complexity index is 1820. The Kier molecular flexibility index (Phi) is 8.67. The molecule has 0 bridgehead atoms. The molecule has 6 rings (SSSR count). The monoisotopic (exact) mass is 585 g/mol. The van der Waals surface area contributed by atoms with E-state index in [0.717, 1.165) is 69.7 Å². The van der Waals surface area contributed by atoms with Crippen LogP contribution in [0.25, 0.3) is 33.6 Å². The van der Waals surface area contributed by atoms with Crippen LogP contribution in [0, 0.1) is 0 Å². The molecule has 3 heterocycles. The van der Waals surface area contributed by atoms with E-state index < -0.39 is 0 Å². The number of aromatic amines is 1. The van der Waals surface area contributed by atoms with Gasteiger partial charge in [0.2, 0.25) is 11.7 Å². The molecule has 0 atom stereocenters. The van der Waals surface area contributed by atoms with E-state index >= 15 is 0 Å². The second-order valence-corrected chi connectivity index (χ2v) is 10.9. The predicted molar refractivity (Wildman–Crippen MR) is 169 cm³/mol. The predicted octanol–water partition coefficient (Wildman–Crippen LogP) is 5.38. The summed E-state index contributed by atoms with van der Waals surface area (Å²) in [5.41, 5.74) is 8.23. The summed E-state index contributed by atoms with van der Waals surface area (Å²) >= 11 is 0. The normalized spacial score (nSPS) is 11.1. The summed E-state index contributed by atoms with van der Waals surface area (Å²) in [6, 6.07) is 25.2. The number of imidazole rings is 1. The number of carbonyl (C=O) groups is 1. The lowest BCUT2D eigenvalue weighted by Crippen LogP contribution is -2.25. The maximum absolute atomic E-state index is 12.9. The van der Waals surface area contributed by atoms with E-state index in [2.05, 4.69) is 91.1 Å². The van der Waals surface area contributed by atoms with Crippen molar-refractivity contribution in [3.05, 3.63) is 114 Å². The molecule has 222 valence electrons. The van der Waals surface area contributed by atoms with Crippen molar-refractivity contribution in [2.45, 2.75) is 45.7 Å². The maximum atomic E-state index is 12.9. The van der Waals surface area contributed by atoms with Crippen molar-refractivity contribution in [1.29, 1.82) is 0 Å². The maximum Gasteiger partial charge on any atom is 0.226 e. The van der Waals surface area contributed by atoms with Gasteiger partial charge in [0.05, 0.1) is 12.6 Å². The number of aromatic nitrogens is 8. The Balaban J connectivity index is 1.25. The summed E-state index contributed by atoms with van der Waals surface area (Å²) < 4.78 is 3.92. The first-order chi connectivity index (χ1) is 21.6. The lowest BCUT2D eigenvalue weighted by atomic mass is 9.93. The van der Waals surface area contributed by atoms with Gasteiger partial charge in [0.15, 0.2) is 0 Å². The van der Waals surface area contributed by atoms with Crippen molar-refractivity contribution in [3.8, 4) is 33.6 Å². The summed E-state index contributed by atoms with van der Waals surface area (Å²) in [5.74, 6) is 1.51. The number of hydrogen-bond acceptors (Lipinski definition) is 6. The molecular weight excluding hydrogens is 550 g/mol. The molecule has 6 aromatic rings. The van der Waals surface area contributed by atoms with E-state index in [4.69, 9.17) is 4.98 Å². The summed E-state index contributed by atoms with van der Waals surface area (Å²) in [5, 5.41) is 22.0. The highest BCUT2D eigenvalue weighted by molar-refractivity contribution is 5.85. The van der Waals surface area contributed by atoms with Crippen LogP contribution in [0.4, 0.5) is 0 Å². The molecule has 0 aliphatic rings. The quantitative estimate of drug-likeness (QED) is 0.199. The molecule has 0 aliphatic heterocycles. The molecule has 0 aliphatic carbocycles. The number of unbranched alkanes of at least 4 members (excludes halogenated alkanes) is 1. The van der Waals surface area contributed by atoms with E-state index in [0.29, 0.717) is 18.9 Å². The molecule has 0 spiro atoms. The Morgan fingerprint density at radius 3 is 2.45 bits per heavy atom. The summed E-state index contributed by atoms with van der Waals surface area (Å²) in [6.07, 6.45) is 8.76. The second-order valence-electron chi connectivity index (χ2n) is 10.9. The second kappa shape index (κ2) is 13.3. The van der Waals surface area contributed by atoms with Crippen molar-refractivity contribution in [3.63, 3.8) is 0 Å². The molecule has 0 saturated carbocycles. The zero-order valence-corrected chi connectivity index (χ0v) is 24.9. The summed E-state index contributed by atoms with van der Waals surface area (Å²) in [6.45, 7) is 3.25. The molecule has 10 heteroatoms. The van der Waals surface area contributed by atoms with Gasteiger partial charge in [0, 0.05) is 55.8 Å². The van der Waals surface area contributed by atoms with Crippen molar-refractivity contribution in [2.75, 3.05) is 0 Å². The highest BCUT2D eigenvalue weighted by atomic mass is 16.1. The third-order valence-corrected chi connectivity index (χ3v) is 7.68. The fourth-order valence-electron chi connectivity index (χ4n) is 5.35. The molecular formula is C34H35N9O. The largest absolute Gasteiger partial charge is 0.352 e. The van der Waals surface area contributed by atoms with Crippen molar-refractivity contribution < 1.29 is 4.79 Å². The Morgan fingerprint density at radius 1 is 0.909 bits per heavy atom. The van der Waals surface area contributed by atoms with Gasteiger partial charge < -0.3 is 9.88 Å². The molecule has 0 saturated heterocycles. The van der Waals surface area contributed by atoms with Crippen molar-refractivity contribution in [2.24, 2.45) is 7.05 Å². The van der Waals surface area contributed by atoms with Crippen LogP contribution in [0.15, 0.2) is 91.4 Å². The van der Waals surface area contributed by atoms with Gasteiger partial charge in [0.25, 0.3) is 0 Å². The number of H-pyrrole nitrogens is 1. The first-order valence-corrected chi connectivity index (χ1v) is 14.9. The van der Waals surface area contributed by atoms with Crippen LogP contribution in [-0.4, -0.2) is 45.9 Å². The smallest absolute Gasteiger partial charge is 0.226 e. The number of amides is 1. The Hall–Kier alpha value is -5.38. The van der Waals surface area contributed by atoms with Gasteiger partial charge in [-0.05, 0) is 51.6 Å². The van der Waals surface area contributed by atoms with Crippen LogP contribution in [0.2, 0.25) is 0 Å². The topological polar surface area (TPSA) is 119 Å². The number of tetrazole rings is 1. The Morgan fingerprint density at radius 2 is 1.73 bits per heavy atom. The van der Waals surface area contributed by atoms with Crippen LogP contribution < -0.4 is 5.32 Å². The van der Waals surface area contributed by atoms with Gasteiger partial charge in [-0.3, -0.25) is 9.48 Å². The van der Waals surface area contributed by atoms with E-state index in [9.17, 15) is 4.79 Å². The Labute approximate surface area is 256 Å². The first kappa shape index (κ1) is 28.7. The van der Waals surface area contributed by atoms with Gasteiger partial charge in [0.1, 0.15) is 5.82 Å². The minimum atomic E-state index is -0.0420. The average Bonchev–Trinajstić information content (AvgIpc) is 3.82. The summed E-state index contributed by atoms with van der Waals surface area (Å²) in [7, 11) is 1.86. The zero-order valence-electron chi connectivity index (χ0n) is 24.9. The fourth-order valence-corrected chi connectivity index (χ4v) is 5.35. The lowest BCUT2D eigenvalue weighted by Gasteiger charge is -2.14. The van der Waals surface area contributed by atoms with Crippen LogP contribution in [0.5, 0.6) is 0 Å². The molecule has 10 nitrogen and oxygen atoms in total. The lowest BCUT2D eigenvalue weighted by molar-refractivity contribution is -0.120. The molecule has 1 amide bonds. The van der Waals surface area contributed by atoms with Crippen molar-refractivity contribution >= 4 is 5.91 Å². The molecule has 0 fully saturated rings. The van der Waals surface area contributed by atoms with E-state index in [1.165, 1.54) is 0 Å². The van der Waals surface area contributed by atoms with E-state index in [1.807, 2.05) is 43.7 Å². The van der Waals surface area contributed by atoms with Gasteiger partial charge in [-0.25, -0.2) is 4.98 Å². The number of carbonyl (C=O) groups excluding carboxylic acids is 1. The van der Waals surface area contributed by atoms with Crippen molar-refractivity contribution in [1.82, 2.24) is 45.3 Å². The van der Waals surface area contributed by atoms with Crippen LogP contribution in [-0.2, 0) is 37.8 Å². The fraction of sp³-hybridized carbons (Fsp3) is 0.235. The third-order valence-electron chi connectivity index (χ3n) is 7.68. The number of rotatable bonds is 12.